The van der Waals surface area contributed by atoms with Gasteiger partial charge < -0.3 is 9.88 Å². The van der Waals surface area contributed by atoms with Gasteiger partial charge in [0, 0.05) is 17.4 Å². The third kappa shape index (κ3) is 3.29. The van der Waals surface area contributed by atoms with Crippen LogP contribution in [0.3, 0.4) is 0 Å². The Balaban J connectivity index is 1.87. The molecule has 0 saturated carbocycles. The van der Waals surface area contributed by atoms with Gasteiger partial charge in [0.2, 0.25) is 0 Å². The maximum atomic E-state index is 12.7. The van der Waals surface area contributed by atoms with E-state index in [1.54, 1.807) is 6.08 Å². The van der Waals surface area contributed by atoms with E-state index in [0.717, 1.165) is 28.1 Å². The van der Waals surface area contributed by atoms with Gasteiger partial charge >= 0.3 is 6.03 Å². The Morgan fingerprint density at radius 2 is 1.85 bits per heavy atom. The first kappa shape index (κ1) is 18.0. The predicted molar refractivity (Wildman–Crippen MR) is 103 cm³/mol. The van der Waals surface area contributed by atoms with Crippen molar-refractivity contribution in [3.8, 4) is 0 Å². The highest BCUT2D eigenvalue weighted by atomic mass is 16.2. The van der Waals surface area contributed by atoms with Crippen molar-refractivity contribution in [1.82, 2.24) is 14.8 Å². The summed E-state index contributed by atoms with van der Waals surface area (Å²) in [5, 5.41) is 2.71. The smallest absolute Gasteiger partial charge is 0.329 e. The lowest BCUT2D eigenvalue weighted by atomic mass is 10.1. The normalized spacial score (nSPS) is 16.1. The molecule has 1 saturated heterocycles. The molecule has 136 valence electrons. The highest BCUT2D eigenvalue weighted by Crippen LogP contribution is 2.24. The Kier molecular flexibility index (Phi) is 4.72. The van der Waals surface area contributed by atoms with Gasteiger partial charge in [-0.3, -0.25) is 9.69 Å². The van der Waals surface area contributed by atoms with Crippen LogP contribution in [0.4, 0.5) is 4.79 Å². The topological polar surface area (TPSA) is 54.3 Å². The lowest BCUT2D eigenvalue weighted by Crippen LogP contribution is -2.30. The van der Waals surface area contributed by atoms with Crippen molar-refractivity contribution < 1.29 is 9.59 Å². The molecule has 2 heterocycles. The molecule has 0 bridgehead atoms. The Morgan fingerprint density at radius 1 is 1.12 bits per heavy atom. The molecule has 0 radical (unpaired) electrons. The van der Waals surface area contributed by atoms with E-state index in [-0.39, 0.29) is 18.5 Å². The Hall–Kier alpha value is -2.82. The van der Waals surface area contributed by atoms with Gasteiger partial charge in [0.1, 0.15) is 5.70 Å². The van der Waals surface area contributed by atoms with Crippen LogP contribution >= 0.6 is 0 Å². The highest BCUT2D eigenvalue weighted by Gasteiger charge is 2.33. The molecule has 1 aromatic heterocycles. The summed E-state index contributed by atoms with van der Waals surface area (Å²) in [6.07, 6.45) is 1.78. The van der Waals surface area contributed by atoms with E-state index in [2.05, 4.69) is 23.7 Å². The Labute approximate surface area is 154 Å². The Morgan fingerprint density at radius 3 is 2.46 bits per heavy atom. The van der Waals surface area contributed by atoms with Crippen molar-refractivity contribution in [3.05, 3.63) is 64.1 Å². The third-order valence-electron chi connectivity index (χ3n) is 4.73. The molecule has 1 aromatic carbocycles. The van der Waals surface area contributed by atoms with Gasteiger partial charge in [0.05, 0.1) is 6.54 Å². The van der Waals surface area contributed by atoms with Crippen molar-refractivity contribution in [2.45, 2.75) is 47.2 Å². The standard InChI is InChI=1S/C21H25N3O2/c1-13(2)24-15(4)10-18(16(24)5)11-19-20(25)23(21(26)22-19)12-17-8-6-7-14(3)9-17/h6-11,13H,12H2,1-5H3,(H,22,26)/b19-11+. The Bertz CT molecular complexity index is 906. The summed E-state index contributed by atoms with van der Waals surface area (Å²) >= 11 is 0. The van der Waals surface area contributed by atoms with Crippen LogP contribution in [-0.4, -0.2) is 21.4 Å². The predicted octanol–water partition coefficient (Wildman–Crippen LogP) is 4.09. The number of rotatable bonds is 4. The maximum Gasteiger partial charge on any atom is 0.329 e. The van der Waals surface area contributed by atoms with Crippen molar-refractivity contribution >= 4 is 18.0 Å². The summed E-state index contributed by atoms with van der Waals surface area (Å²) in [6.45, 7) is 10.6. The first-order valence-electron chi connectivity index (χ1n) is 8.86. The summed E-state index contributed by atoms with van der Waals surface area (Å²) in [6, 6.07) is 9.84. The SMILES string of the molecule is Cc1cccc(CN2C(=O)N/C(=C/c3cc(C)n(C(C)C)c3C)C2=O)c1. The molecule has 2 aromatic rings. The van der Waals surface area contributed by atoms with Gasteiger partial charge in [-0.2, -0.15) is 0 Å². The maximum absolute atomic E-state index is 12.7. The summed E-state index contributed by atoms with van der Waals surface area (Å²) in [5.41, 5.74) is 5.55. The molecule has 3 amide bonds. The first-order valence-corrected chi connectivity index (χ1v) is 8.86. The molecule has 1 aliphatic rings. The minimum atomic E-state index is -0.375. The highest BCUT2D eigenvalue weighted by molar-refractivity contribution is 6.13. The summed E-state index contributed by atoms with van der Waals surface area (Å²) in [7, 11) is 0. The second kappa shape index (κ2) is 6.83. The second-order valence-corrected chi connectivity index (χ2v) is 7.16. The number of aryl methyl sites for hydroxylation is 2. The molecule has 0 unspecified atom stereocenters. The fraction of sp³-hybridized carbons (Fsp3) is 0.333. The molecular formula is C21H25N3O2. The molecule has 5 nitrogen and oxygen atoms in total. The van der Waals surface area contributed by atoms with E-state index in [0.29, 0.717) is 11.7 Å². The van der Waals surface area contributed by atoms with Crippen molar-refractivity contribution in [2.75, 3.05) is 0 Å². The molecule has 5 heteroatoms. The van der Waals surface area contributed by atoms with Gasteiger partial charge in [-0.1, -0.05) is 29.8 Å². The monoisotopic (exact) mass is 351 g/mol. The number of urea groups is 1. The second-order valence-electron chi connectivity index (χ2n) is 7.16. The molecule has 26 heavy (non-hydrogen) atoms. The molecule has 1 N–H and O–H groups in total. The van der Waals surface area contributed by atoms with Crippen LogP contribution < -0.4 is 5.32 Å². The van der Waals surface area contributed by atoms with Crippen molar-refractivity contribution in [3.63, 3.8) is 0 Å². The summed E-state index contributed by atoms with van der Waals surface area (Å²) < 4.78 is 2.22. The van der Waals surface area contributed by atoms with Gasteiger partial charge in [-0.25, -0.2) is 4.79 Å². The van der Waals surface area contributed by atoms with Crippen LogP contribution in [-0.2, 0) is 11.3 Å². The minimum Gasteiger partial charge on any atom is -0.346 e. The zero-order valence-corrected chi connectivity index (χ0v) is 16.0. The minimum absolute atomic E-state index is 0.273. The molecule has 3 rings (SSSR count). The van der Waals surface area contributed by atoms with E-state index in [9.17, 15) is 9.59 Å². The quantitative estimate of drug-likeness (QED) is 0.666. The van der Waals surface area contributed by atoms with E-state index in [1.165, 1.54) is 4.90 Å². The van der Waals surface area contributed by atoms with E-state index < -0.39 is 0 Å². The number of nitrogens with zero attached hydrogens (tertiary/aromatic N) is 2. The molecule has 0 atom stereocenters. The number of amides is 3. The molecule has 1 aliphatic heterocycles. The lowest BCUT2D eigenvalue weighted by molar-refractivity contribution is -0.123. The number of carbonyl (C=O) groups excluding carboxylic acids is 2. The number of carbonyl (C=O) groups is 2. The number of benzene rings is 1. The zero-order valence-electron chi connectivity index (χ0n) is 16.0. The molecule has 0 aliphatic carbocycles. The summed E-state index contributed by atoms with van der Waals surface area (Å²) in [5.74, 6) is -0.286. The van der Waals surface area contributed by atoms with Crippen LogP contribution in [0.1, 0.15) is 48.0 Å². The fourth-order valence-corrected chi connectivity index (χ4v) is 3.61. The van der Waals surface area contributed by atoms with Crippen molar-refractivity contribution in [1.29, 1.82) is 0 Å². The first-order chi connectivity index (χ1) is 12.3. The van der Waals surface area contributed by atoms with Crippen LogP contribution in [0, 0.1) is 20.8 Å². The molecule has 0 spiro atoms. The lowest BCUT2D eigenvalue weighted by Gasteiger charge is -2.13. The van der Waals surface area contributed by atoms with Crippen LogP contribution in [0.5, 0.6) is 0 Å². The largest absolute Gasteiger partial charge is 0.346 e. The van der Waals surface area contributed by atoms with E-state index in [1.807, 2.05) is 51.1 Å². The average Bonchev–Trinajstić information content (AvgIpc) is 2.98. The summed E-state index contributed by atoms with van der Waals surface area (Å²) in [4.78, 5) is 26.3. The third-order valence-corrected chi connectivity index (χ3v) is 4.73. The number of hydrogen-bond donors (Lipinski definition) is 1. The van der Waals surface area contributed by atoms with E-state index in [4.69, 9.17) is 0 Å². The zero-order chi connectivity index (χ0) is 19.0. The van der Waals surface area contributed by atoms with Crippen LogP contribution in [0.15, 0.2) is 36.0 Å². The number of imide groups is 1. The molecule has 1 fully saturated rings. The number of aromatic nitrogens is 1. The van der Waals surface area contributed by atoms with Gasteiger partial charge in [-0.05, 0) is 57.9 Å². The molecular weight excluding hydrogens is 326 g/mol. The van der Waals surface area contributed by atoms with Crippen LogP contribution in [0.2, 0.25) is 0 Å². The number of nitrogens with one attached hydrogen (secondary N) is 1. The van der Waals surface area contributed by atoms with E-state index >= 15 is 0 Å². The van der Waals surface area contributed by atoms with Crippen LogP contribution in [0.25, 0.3) is 6.08 Å². The van der Waals surface area contributed by atoms with Gasteiger partial charge in [0.25, 0.3) is 5.91 Å². The number of hydrogen-bond acceptors (Lipinski definition) is 2. The van der Waals surface area contributed by atoms with Crippen molar-refractivity contribution in [2.24, 2.45) is 0 Å². The van der Waals surface area contributed by atoms with Gasteiger partial charge in [-0.15, -0.1) is 0 Å². The average molecular weight is 351 g/mol. The fourth-order valence-electron chi connectivity index (χ4n) is 3.61. The van der Waals surface area contributed by atoms with Gasteiger partial charge in [0.15, 0.2) is 0 Å².